The zero-order valence-corrected chi connectivity index (χ0v) is 18.7. The summed E-state index contributed by atoms with van der Waals surface area (Å²) < 4.78 is 12.0. The first-order valence-electron chi connectivity index (χ1n) is 10.9. The molecule has 0 unspecified atom stereocenters. The van der Waals surface area contributed by atoms with E-state index in [1.807, 2.05) is 63.2 Å². The summed E-state index contributed by atoms with van der Waals surface area (Å²) in [5.41, 5.74) is 5.83. The van der Waals surface area contributed by atoms with Crippen LogP contribution in [0.3, 0.4) is 0 Å². The van der Waals surface area contributed by atoms with E-state index in [0.29, 0.717) is 6.61 Å². The van der Waals surface area contributed by atoms with E-state index >= 15 is 0 Å². The second-order valence-corrected chi connectivity index (χ2v) is 8.25. The van der Waals surface area contributed by atoms with Gasteiger partial charge in [0, 0.05) is 60.5 Å². The van der Waals surface area contributed by atoms with Gasteiger partial charge in [-0.25, -0.2) is 0 Å². The van der Waals surface area contributed by atoms with Crippen LogP contribution in [0.1, 0.15) is 43.6 Å². The quantitative estimate of drug-likeness (QED) is 0.513. The maximum absolute atomic E-state index is 12.7. The topological polar surface area (TPSA) is 54.7 Å². The van der Waals surface area contributed by atoms with Crippen LogP contribution in [-0.4, -0.2) is 26.6 Å². The summed E-state index contributed by atoms with van der Waals surface area (Å²) in [5, 5.41) is 4.09. The lowest BCUT2D eigenvalue weighted by atomic mass is 9.94. The number of aryl methyl sites for hydroxylation is 2. The molecule has 0 saturated carbocycles. The average molecular weight is 419 g/mol. The molecule has 2 aromatic carbocycles. The number of allylic oxidation sites excluding steroid dienone is 1. The van der Waals surface area contributed by atoms with Crippen LogP contribution in [-0.2, 0) is 17.6 Å². The van der Waals surface area contributed by atoms with Crippen molar-refractivity contribution in [2.75, 3.05) is 30.9 Å². The van der Waals surface area contributed by atoms with Crippen molar-refractivity contribution in [1.82, 2.24) is 0 Å². The number of hydrogen-bond acceptors (Lipinski definition) is 4. The number of carbonyl (C=O) groups excluding carboxylic acids is 1. The number of carbonyl (C=O) groups is 1. The number of amides is 1. The normalized spacial score (nSPS) is 13.7. The molecular weight excluding hydrogens is 388 g/mol. The minimum absolute atomic E-state index is 0.160. The minimum atomic E-state index is -0.160. The molecule has 5 heteroatoms. The number of nitrogens with one attached hydrogen (secondary N) is 1. The van der Waals surface area contributed by atoms with Crippen molar-refractivity contribution in [2.24, 2.45) is 0 Å². The molecule has 1 aliphatic carbocycles. The van der Waals surface area contributed by atoms with Gasteiger partial charge in [-0.05, 0) is 69.0 Å². The first kappa shape index (κ1) is 21.0. The monoisotopic (exact) mass is 418 g/mol. The second kappa shape index (κ2) is 8.88. The van der Waals surface area contributed by atoms with Crippen LogP contribution < -0.4 is 15.0 Å². The summed E-state index contributed by atoms with van der Waals surface area (Å²) in [5.74, 6) is 1.69. The number of anilines is 2. The Labute approximate surface area is 183 Å². The minimum Gasteiger partial charge on any atom is -0.493 e. The Morgan fingerprint density at radius 2 is 1.90 bits per heavy atom. The first-order chi connectivity index (χ1) is 15.0. The van der Waals surface area contributed by atoms with Crippen LogP contribution in [0.5, 0.6) is 5.75 Å². The van der Waals surface area contributed by atoms with Crippen molar-refractivity contribution in [1.29, 1.82) is 0 Å². The highest BCUT2D eigenvalue weighted by Gasteiger charge is 2.20. The highest BCUT2D eigenvalue weighted by molar-refractivity contribution is 6.04. The van der Waals surface area contributed by atoms with Crippen molar-refractivity contribution in [3.63, 3.8) is 0 Å². The van der Waals surface area contributed by atoms with Crippen LogP contribution in [0.25, 0.3) is 16.5 Å². The van der Waals surface area contributed by atoms with E-state index in [0.717, 1.165) is 57.8 Å². The zero-order valence-electron chi connectivity index (χ0n) is 18.7. The Balaban J connectivity index is 1.63. The number of nitrogens with zero attached hydrogens (tertiary/aromatic N) is 1. The lowest BCUT2D eigenvalue weighted by molar-refractivity contribution is -0.111. The van der Waals surface area contributed by atoms with E-state index in [-0.39, 0.29) is 5.91 Å². The smallest absolute Gasteiger partial charge is 0.248 e. The highest BCUT2D eigenvalue weighted by atomic mass is 16.5. The van der Waals surface area contributed by atoms with E-state index in [9.17, 15) is 4.79 Å². The zero-order chi connectivity index (χ0) is 22.0. The summed E-state index contributed by atoms with van der Waals surface area (Å²) >= 11 is 0. The summed E-state index contributed by atoms with van der Waals surface area (Å²) in [7, 11) is 3.98. The fraction of sp³-hybridized carbons (Fsp3) is 0.346. The maximum atomic E-state index is 12.7. The van der Waals surface area contributed by atoms with E-state index in [4.69, 9.17) is 9.15 Å². The largest absolute Gasteiger partial charge is 0.493 e. The average Bonchev–Trinajstić information content (AvgIpc) is 3.11. The maximum Gasteiger partial charge on any atom is 0.248 e. The van der Waals surface area contributed by atoms with Crippen molar-refractivity contribution < 1.29 is 13.9 Å². The molecule has 0 bridgehead atoms. The van der Waals surface area contributed by atoms with Crippen LogP contribution in [0, 0.1) is 0 Å². The van der Waals surface area contributed by atoms with Gasteiger partial charge in [0.2, 0.25) is 5.91 Å². The standard InChI is InChI=1S/C26H30N2O3/c1-5-30-24-16-25-22(20-8-6-7-9-23(20)31-25)15-21(24)17(2)14-26(29)27-18-10-12-19(13-11-18)28(3)4/h10-16H,5-9H2,1-4H3,(H,27,29)/b17-14+. The molecule has 162 valence electrons. The van der Waals surface area contributed by atoms with Gasteiger partial charge < -0.3 is 19.4 Å². The molecular formula is C26H30N2O3. The Hall–Kier alpha value is -3.21. The number of fused-ring (bicyclic) bond motifs is 3. The predicted octanol–water partition coefficient (Wildman–Crippen LogP) is 5.82. The van der Waals surface area contributed by atoms with Gasteiger partial charge in [-0.3, -0.25) is 4.79 Å². The molecule has 0 radical (unpaired) electrons. The third-order valence-corrected chi connectivity index (χ3v) is 5.78. The summed E-state index contributed by atoms with van der Waals surface area (Å²) in [6, 6.07) is 11.9. The molecule has 31 heavy (non-hydrogen) atoms. The van der Waals surface area contributed by atoms with Gasteiger partial charge >= 0.3 is 0 Å². The molecule has 0 fully saturated rings. The first-order valence-corrected chi connectivity index (χ1v) is 10.9. The van der Waals surface area contributed by atoms with Crippen LogP contribution in [0.15, 0.2) is 46.9 Å². The Morgan fingerprint density at radius 1 is 1.16 bits per heavy atom. The Kier molecular flexibility index (Phi) is 6.03. The number of hydrogen-bond donors (Lipinski definition) is 1. The molecule has 0 aliphatic heterocycles. The number of benzene rings is 2. The molecule has 5 nitrogen and oxygen atoms in total. The van der Waals surface area contributed by atoms with Gasteiger partial charge in [0.05, 0.1) is 6.61 Å². The Morgan fingerprint density at radius 3 is 2.61 bits per heavy atom. The molecule has 1 N–H and O–H groups in total. The molecule has 1 aliphatic rings. The number of furan rings is 1. The van der Waals surface area contributed by atoms with Crippen molar-refractivity contribution in [3.8, 4) is 5.75 Å². The second-order valence-electron chi connectivity index (χ2n) is 8.25. The molecule has 4 rings (SSSR count). The summed E-state index contributed by atoms with van der Waals surface area (Å²) in [6.45, 7) is 4.46. The van der Waals surface area contributed by atoms with Crippen molar-refractivity contribution in [3.05, 3.63) is 59.4 Å². The van der Waals surface area contributed by atoms with Gasteiger partial charge in [0.15, 0.2) is 0 Å². The highest BCUT2D eigenvalue weighted by Crippen LogP contribution is 2.38. The number of ether oxygens (including phenoxy) is 1. The van der Waals surface area contributed by atoms with Gasteiger partial charge in [0.1, 0.15) is 17.1 Å². The number of rotatable bonds is 6. The SMILES string of the molecule is CCOc1cc2oc3c(c2cc1/C(C)=C/C(=O)Nc1ccc(N(C)C)cc1)CCCC3. The molecule has 1 amide bonds. The molecule has 1 aromatic heterocycles. The fourth-order valence-corrected chi connectivity index (χ4v) is 4.17. The molecule has 3 aromatic rings. The molecule has 0 atom stereocenters. The van der Waals surface area contributed by atoms with Gasteiger partial charge in [-0.1, -0.05) is 0 Å². The molecule has 1 heterocycles. The van der Waals surface area contributed by atoms with Crippen molar-refractivity contribution in [2.45, 2.75) is 39.5 Å². The predicted molar refractivity (Wildman–Crippen MR) is 127 cm³/mol. The van der Waals surface area contributed by atoms with E-state index in [2.05, 4.69) is 11.4 Å². The summed E-state index contributed by atoms with van der Waals surface area (Å²) in [4.78, 5) is 14.7. The van der Waals surface area contributed by atoms with Crippen LogP contribution in [0.4, 0.5) is 11.4 Å². The lowest BCUT2D eigenvalue weighted by Crippen LogP contribution is -2.10. The van der Waals surface area contributed by atoms with E-state index in [1.165, 1.54) is 18.4 Å². The lowest BCUT2D eigenvalue weighted by Gasteiger charge is -2.13. The Bertz CT molecular complexity index is 1120. The fourth-order valence-electron chi connectivity index (χ4n) is 4.17. The summed E-state index contributed by atoms with van der Waals surface area (Å²) in [6.07, 6.45) is 6.03. The van der Waals surface area contributed by atoms with Gasteiger partial charge in [-0.2, -0.15) is 0 Å². The molecule has 0 spiro atoms. The van der Waals surface area contributed by atoms with Crippen LogP contribution >= 0.6 is 0 Å². The van der Waals surface area contributed by atoms with E-state index < -0.39 is 0 Å². The third-order valence-electron chi connectivity index (χ3n) is 5.78. The van der Waals surface area contributed by atoms with Crippen molar-refractivity contribution >= 4 is 33.8 Å². The van der Waals surface area contributed by atoms with Gasteiger partial charge in [0.25, 0.3) is 0 Å². The third kappa shape index (κ3) is 4.46. The molecule has 0 saturated heterocycles. The van der Waals surface area contributed by atoms with Gasteiger partial charge in [-0.15, -0.1) is 0 Å². The van der Waals surface area contributed by atoms with Crippen LogP contribution in [0.2, 0.25) is 0 Å². The van der Waals surface area contributed by atoms with E-state index in [1.54, 1.807) is 6.08 Å².